The average molecular weight is 316 g/mol. The van der Waals surface area contributed by atoms with Gasteiger partial charge in [0.25, 0.3) is 0 Å². The molecular weight excluding hydrogens is 296 g/mol. The van der Waals surface area contributed by atoms with E-state index in [4.69, 9.17) is 9.47 Å². The number of carbonyl (C=O) groups is 2. The second-order valence-electron chi connectivity index (χ2n) is 5.93. The first-order valence-corrected chi connectivity index (χ1v) is 7.63. The molecule has 2 aliphatic rings. The van der Waals surface area contributed by atoms with E-state index in [9.17, 15) is 9.59 Å². The van der Waals surface area contributed by atoms with Crippen molar-refractivity contribution in [2.75, 3.05) is 14.2 Å². The zero-order valence-electron chi connectivity index (χ0n) is 13.5. The lowest BCUT2D eigenvalue weighted by atomic mass is 9.61. The van der Waals surface area contributed by atoms with Gasteiger partial charge in [-0.3, -0.25) is 4.79 Å². The highest BCUT2D eigenvalue weighted by Gasteiger charge is 2.51. The van der Waals surface area contributed by atoms with Crippen LogP contribution in [-0.4, -0.2) is 31.1 Å². The van der Waals surface area contributed by atoms with Crippen LogP contribution >= 0.6 is 0 Å². The Bertz CT molecular complexity index is 698. The number of Topliss-reactive ketones (excluding diaryl/α,β-unsaturated/α-hetero) is 1. The molecule has 6 heteroatoms. The number of amides is 1. The molecule has 122 valence electrons. The molecule has 1 aromatic rings. The third-order valence-corrected chi connectivity index (χ3v) is 4.74. The van der Waals surface area contributed by atoms with Gasteiger partial charge in [-0.1, -0.05) is 6.08 Å². The van der Waals surface area contributed by atoms with Crippen LogP contribution in [0.1, 0.15) is 31.0 Å². The number of ether oxygens (including phenoxy) is 2. The van der Waals surface area contributed by atoms with Crippen molar-refractivity contribution in [3.8, 4) is 5.88 Å². The smallest absolute Gasteiger partial charge is 0.407 e. The van der Waals surface area contributed by atoms with Gasteiger partial charge in [0.15, 0.2) is 0 Å². The molecule has 0 aliphatic heterocycles. The number of aromatic nitrogens is 1. The van der Waals surface area contributed by atoms with Gasteiger partial charge < -0.3 is 14.8 Å². The van der Waals surface area contributed by atoms with Gasteiger partial charge in [-0.2, -0.15) is 0 Å². The molecule has 2 bridgehead atoms. The predicted octanol–water partition coefficient (Wildman–Crippen LogP) is 2.12. The van der Waals surface area contributed by atoms with E-state index in [1.807, 2.05) is 19.1 Å². The van der Waals surface area contributed by atoms with E-state index >= 15 is 0 Å². The van der Waals surface area contributed by atoms with Gasteiger partial charge in [-0.05, 0) is 30.9 Å². The number of nitrogens with one attached hydrogen (secondary N) is 1. The van der Waals surface area contributed by atoms with Gasteiger partial charge in [-0.25, -0.2) is 9.78 Å². The minimum absolute atomic E-state index is 0.0468. The summed E-state index contributed by atoms with van der Waals surface area (Å²) in [4.78, 5) is 28.8. The molecule has 0 radical (unpaired) electrons. The molecule has 0 spiro atoms. The number of hydrogen-bond donors (Lipinski definition) is 1. The molecular formula is C17H20N2O4. The monoisotopic (exact) mass is 316 g/mol. The van der Waals surface area contributed by atoms with E-state index in [1.165, 1.54) is 7.11 Å². The summed E-state index contributed by atoms with van der Waals surface area (Å²) in [5.41, 5.74) is 1.90. The van der Waals surface area contributed by atoms with Crippen molar-refractivity contribution in [2.45, 2.75) is 31.7 Å². The molecule has 1 saturated carbocycles. The van der Waals surface area contributed by atoms with E-state index in [-0.39, 0.29) is 18.1 Å². The highest BCUT2D eigenvalue weighted by atomic mass is 16.5. The van der Waals surface area contributed by atoms with Gasteiger partial charge in [0.2, 0.25) is 5.88 Å². The molecule has 0 saturated heterocycles. The van der Waals surface area contributed by atoms with Crippen LogP contribution < -0.4 is 10.1 Å². The van der Waals surface area contributed by atoms with Crippen molar-refractivity contribution >= 4 is 11.9 Å². The topological polar surface area (TPSA) is 77.5 Å². The average Bonchev–Trinajstić information content (AvgIpc) is 2.53. The van der Waals surface area contributed by atoms with Crippen LogP contribution in [0.4, 0.5) is 4.79 Å². The number of alkyl carbamates (subject to hydrolysis) is 1. The van der Waals surface area contributed by atoms with Crippen LogP contribution in [0.5, 0.6) is 5.88 Å². The van der Waals surface area contributed by atoms with Crippen LogP contribution in [0, 0.1) is 5.92 Å². The Labute approximate surface area is 134 Å². The van der Waals surface area contributed by atoms with Crippen LogP contribution in [0.2, 0.25) is 0 Å². The van der Waals surface area contributed by atoms with Gasteiger partial charge >= 0.3 is 6.09 Å². The minimum Gasteiger partial charge on any atom is -0.481 e. The summed E-state index contributed by atoms with van der Waals surface area (Å²) < 4.78 is 10.0. The minimum atomic E-state index is -0.866. The maximum absolute atomic E-state index is 12.3. The number of pyridine rings is 1. The number of fused-ring (bicyclic) bond motifs is 4. The second-order valence-corrected chi connectivity index (χ2v) is 5.93. The third-order valence-electron chi connectivity index (χ3n) is 4.74. The molecule has 23 heavy (non-hydrogen) atoms. The molecule has 6 nitrogen and oxygen atoms in total. The maximum atomic E-state index is 12.3. The SMILES string of the molecule is C/C=C1\[C@H]2CC(=O)C[C@]1(NC(=O)OC)c1ccc(OC)nc1C2. The first-order valence-electron chi connectivity index (χ1n) is 7.63. The second kappa shape index (κ2) is 5.68. The number of nitrogens with zero attached hydrogens (tertiary/aromatic N) is 1. The van der Waals surface area contributed by atoms with Crippen LogP contribution in [0.25, 0.3) is 0 Å². The van der Waals surface area contributed by atoms with Gasteiger partial charge in [0.1, 0.15) is 5.78 Å². The largest absolute Gasteiger partial charge is 0.481 e. The number of allylic oxidation sites excluding steroid dienone is 1. The number of ketones is 1. The Hall–Kier alpha value is -2.37. The maximum Gasteiger partial charge on any atom is 0.407 e. The van der Waals surface area contributed by atoms with E-state index in [1.54, 1.807) is 13.2 Å². The van der Waals surface area contributed by atoms with E-state index < -0.39 is 11.6 Å². The first kappa shape index (κ1) is 15.5. The standard InChI is InChI=1S/C17H20N2O4/c1-4-12-10-7-11(20)9-17(12,19-16(21)23-3)13-5-6-15(22-2)18-14(13)8-10/h4-6,10H,7-9H2,1-3H3,(H,19,21)/b12-4+/t10-,17+/m0/s1. The fraction of sp³-hybridized carbons (Fsp3) is 0.471. The Morgan fingerprint density at radius 1 is 1.39 bits per heavy atom. The van der Waals surface area contributed by atoms with E-state index in [0.29, 0.717) is 18.7 Å². The quantitative estimate of drug-likeness (QED) is 0.846. The fourth-order valence-corrected chi connectivity index (χ4v) is 3.90. The summed E-state index contributed by atoms with van der Waals surface area (Å²) in [6.45, 7) is 1.94. The zero-order valence-corrected chi connectivity index (χ0v) is 13.5. The fourth-order valence-electron chi connectivity index (χ4n) is 3.90. The molecule has 1 amide bonds. The van der Waals surface area contributed by atoms with Crippen molar-refractivity contribution < 1.29 is 19.1 Å². The zero-order chi connectivity index (χ0) is 16.6. The number of carbonyl (C=O) groups excluding carboxylic acids is 2. The molecule has 0 aromatic carbocycles. The van der Waals surface area contributed by atoms with Gasteiger partial charge in [-0.15, -0.1) is 0 Å². The first-order chi connectivity index (χ1) is 11.0. The van der Waals surface area contributed by atoms with Crippen molar-refractivity contribution in [3.05, 3.63) is 35.0 Å². The van der Waals surface area contributed by atoms with Crippen molar-refractivity contribution in [1.29, 1.82) is 0 Å². The number of rotatable bonds is 2. The van der Waals surface area contributed by atoms with Crippen molar-refractivity contribution in [1.82, 2.24) is 10.3 Å². The molecule has 1 fully saturated rings. The third kappa shape index (κ3) is 2.38. The lowest BCUT2D eigenvalue weighted by Gasteiger charge is -2.47. The lowest BCUT2D eigenvalue weighted by Crippen LogP contribution is -2.55. The van der Waals surface area contributed by atoms with E-state index in [0.717, 1.165) is 16.8 Å². The lowest BCUT2D eigenvalue weighted by molar-refractivity contribution is -0.122. The molecule has 1 N–H and O–H groups in total. The summed E-state index contributed by atoms with van der Waals surface area (Å²) in [5, 5.41) is 2.91. The Kier molecular flexibility index (Phi) is 3.83. The molecule has 2 atom stereocenters. The Balaban J connectivity index is 2.20. The van der Waals surface area contributed by atoms with Crippen molar-refractivity contribution in [3.63, 3.8) is 0 Å². The summed E-state index contributed by atoms with van der Waals surface area (Å²) in [6, 6.07) is 3.64. The van der Waals surface area contributed by atoms with Gasteiger partial charge in [0.05, 0.1) is 25.5 Å². The highest BCUT2D eigenvalue weighted by Crippen LogP contribution is 2.49. The summed E-state index contributed by atoms with van der Waals surface area (Å²) >= 11 is 0. The molecule has 0 unspecified atom stereocenters. The summed E-state index contributed by atoms with van der Waals surface area (Å²) in [7, 11) is 2.89. The Morgan fingerprint density at radius 2 is 2.17 bits per heavy atom. The van der Waals surface area contributed by atoms with Crippen LogP contribution in [-0.2, 0) is 21.5 Å². The number of hydrogen-bond acceptors (Lipinski definition) is 5. The van der Waals surface area contributed by atoms with Crippen molar-refractivity contribution in [2.24, 2.45) is 5.92 Å². The van der Waals surface area contributed by atoms with Gasteiger partial charge in [0, 0.05) is 24.5 Å². The summed E-state index contributed by atoms with van der Waals surface area (Å²) in [5.74, 6) is 0.717. The predicted molar refractivity (Wildman–Crippen MR) is 83.2 cm³/mol. The normalized spacial score (nSPS) is 27.3. The summed E-state index contributed by atoms with van der Waals surface area (Å²) in [6.07, 6.45) is 2.81. The molecule has 1 aromatic heterocycles. The molecule has 2 aliphatic carbocycles. The molecule has 1 heterocycles. The number of methoxy groups -OCH3 is 2. The molecule has 3 rings (SSSR count). The highest BCUT2D eigenvalue weighted by molar-refractivity contribution is 5.85. The van der Waals surface area contributed by atoms with Crippen LogP contribution in [0.15, 0.2) is 23.8 Å². The van der Waals surface area contributed by atoms with Crippen LogP contribution in [0.3, 0.4) is 0 Å². The Morgan fingerprint density at radius 3 is 2.83 bits per heavy atom. The van der Waals surface area contributed by atoms with E-state index in [2.05, 4.69) is 10.3 Å².